The lowest BCUT2D eigenvalue weighted by Gasteiger charge is -2.25. The molecule has 0 radical (unpaired) electrons. The van der Waals surface area contributed by atoms with E-state index >= 15 is 0 Å². The lowest BCUT2D eigenvalue weighted by Crippen LogP contribution is -2.11. The normalized spacial score (nSPS) is 19.4. The summed E-state index contributed by atoms with van der Waals surface area (Å²) in [4.78, 5) is 10.6. The number of fused-ring (bicyclic) bond motifs is 1. The first-order chi connectivity index (χ1) is 7.36. The van der Waals surface area contributed by atoms with Crippen molar-refractivity contribution < 1.29 is 9.53 Å². The molecule has 0 aliphatic heterocycles. The number of aryl methyl sites for hydroxylation is 1. The Balaban J connectivity index is 2.42. The predicted octanol–water partition coefficient (Wildman–Crippen LogP) is 2.70. The number of hydrogen-bond donors (Lipinski definition) is 0. The SMILES string of the molecule is COc1cccc2c1C(CC=O)CCC2. The molecule has 1 aliphatic carbocycles. The molecule has 80 valence electrons. The summed E-state index contributed by atoms with van der Waals surface area (Å²) in [5.74, 6) is 1.31. The van der Waals surface area contributed by atoms with E-state index in [1.54, 1.807) is 7.11 Å². The summed E-state index contributed by atoms with van der Waals surface area (Å²) < 4.78 is 5.37. The van der Waals surface area contributed by atoms with Crippen molar-refractivity contribution in [1.29, 1.82) is 0 Å². The second kappa shape index (κ2) is 4.47. The van der Waals surface area contributed by atoms with Crippen molar-refractivity contribution in [3.8, 4) is 5.75 Å². The number of rotatable bonds is 3. The van der Waals surface area contributed by atoms with Gasteiger partial charge in [-0.05, 0) is 36.8 Å². The summed E-state index contributed by atoms with van der Waals surface area (Å²) in [7, 11) is 1.70. The molecule has 1 atom stereocenters. The summed E-state index contributed by atoms with van der Waals surface area (Å²) >= 11 is 0. The van der Waals surface area contributed by atoms with Crippen LogP contribution in [0.1, 0.15) is 36.3 Å². The summed E-state index contributed by atoms with van der Waals surface area (Å²) in [6, 6.07) is 6.16. The van der Waals surface area contributed by atoms with Crippen LogP contribution in [0.15, 0.2) is 18.2 Å². The number of benzene rings is 1. The fourth-order valence-corrected chi connectivity index (χ4v) is 2.48. The fraction of sp³-hybridized carbons (Fsp3) is 0.462. The fourth-order valence-electron chi connectivity index (χ4n) is 2.48. The van der Waals surface area contributed by atoms with Gasteiger partial charge in [-0.1, -0.05) is 12.1 Å². The van der Waals surface area contributed by atoms with E-state index in [1.807, 2.05) is 12.1 Å². The van der Waals surface area contributed by atoms with Gasteiger partial charge in [-0.3, -0.25) is 0 Å². The third-order valence-corrected chi connectivity index (χ3v) is 3.16. The molecule has 1 aromatic rings. The minimum absolute atomic E-state index is 0.363. The van der Waals surface area contributed by atoms with Gasteiger partial charge in [0.1, 0.15) is 12.0 Å². The zero-order valence-corrected chi connectivity index (χ0v) is 9.03. The van der Waals surface area contributed by atoms with E-state index in [1.165, 1.54) is 17.5 Å². The predicted molar refractivity (Wildman–Crippen MR) is 59.4 cm³/mol. The molecule has 0 heterocycles. The van der Waals surface area contributed by atoms with Gasteiger partial charge in [-0.2, -0.15) is 0 Å². The van der Waals surface area contributed by atoms with Gasteiger partial charge in [-0.15, -0.1) is 0 Å². The highest BCUT2D eigenvalue weighted by Gasteiger charge is 2.23. The minimum Gasteiger partial charge on any atom is -0.496 e. The number of methoxy groups -OCH3 is 1. The van der Waals surface area contributed by atoms with Crippen LogP contribution in [0.5, 0.6) is 5.75 Å². The highest BCUT2D eigenvalue weighted by atomic mass is 16.5. The molecule has 0 saturated heterocycles. The molecule has 0 aromatic heterocycles. The Morgan fingerprint density at radius 1 is 1.53 bits per heavy atom. The van der Waals surface area contributed by atoms with Crippen LogP contribution in [0, 0.1) is 0 Å². The third-order valence-electron chi connectivity index (χ3n) is 3.16. The molecule has 0 amide bonds. The van der Waals surface area contributed by atoms with Gasteiger partial charge in [0.15, 0.2) is 0 Å². The van der Waals surface area contributed by atoms with Crippen LogP contribution in [0.3, 0.4) is 0 Å². The Labute approximate surface area is 90.3 Å². The smallest absolute Gasteiger partial charge is 0.122 e. The van der Waals surface area contributed by atoms with E-state index < -0.39 is 0 Å². The van der Waals surface area contributed by atoms with Crippen LogP contribution in [0.2, 0.25) is 0 Å². The molecule has 1 aliphatic rings. The van der Waals surface area contributed by atoms with E-state index in [9.17, 15) is 4.79 Å². The van der Waals surface area contributed by atoms with Gasteiger partial charge >= 0.3 is 0 Å². The first kappa shape index (κ1) is 10.2. The minimum atomic E-state index is 0.363. The maximum Gasteiger partial charge on any atom is 0.122 e. The highest BCUT2D eigenvalue weighted by Crippen LogP contribution is 2.39. The molecular formula is C13H16O2. The van der Waals surface area contributed by atoms with E-state index in [0.717, 1.165) is 24.9 Å². The number of carbonyl (C=O) groups excluding carboxylic acids is 1. The zero-order chi connectivity index (χ0) is 10.7. The van der Waals surface area contributed by atoms with Crippen LogP contribution in [-0.4, -0.2) is 13.4 Å². The molecule has 0 saturated carbocycles. The zero-order valence-electron chi connectivity index (χ0n) is 9.03. The molecule has 0 fully saturated rings. The molecule has 2 heteroatoms. The first-order valence-electron chi connectivity index (χ1n) is 5.46. The Bertz CT molecular complexity index is 343. The Morgan fingerprint density at radius 3 is 3.13 bits per heavy atom. The molecule has 15 heavy (non-hydrogen) atoms. The van der Waals surface area contributed by atoms with Gasteiger partial charge in [0.05, 0.1) is 7.11 Å². The molecule has 0 bridgehead atoms. The van der Waals surface area contributed by atoms with Crippen LogP contribution in [0.25, 0.3) is 0 Å². The van der Waals surface area contributed by atoms with Crippen LogP contribution < -0.4 is 4.74 Å². The van der Waals surface area contributed by atoms with Crippen molar-refractivity contribution in [3.05, 3.63) is 29.3 Å². The van der Waals surface area contributed by atoms with Gasteiger partial charge in [-0.25, -0.2) is 0 Å². The number of ether oxygens (including phenoxy) is 1. The van der Waals surface area contributed by atoms with Crippen molar-refractivity contribution in [2.45, 2.75) is 31.6 Å². The summed E-state index contributed by atoms with van der Waals surface area (Å²) in [5, 5.41) is 0. The van der Waals surface area contributed by atoms with Crippen LogP contribution >= 0.6 is 0 Å². The first-order valence-corrected chi connectivity index (χ1v) is 5.46. The molecule has 0 spiro atoms. The molecule has 1 aromatic carbocycles. The maximum atomic E-state index is 10.6. The molecule has 1 unspecified atom stereocenters. The third kappa shape index (κ3) is 1.89. The molecule has 2 nitrogen and oxygen atoms in total. The topological polar surface area (TPSA) is 26.3 Å². The number of carbonyl (C=O) groups is 1. The lowest BCUT2D eigenvalue weighted by molar-refractivity contribution is -0.108. The molecule has 0 N–H and O–H groups in total. The van der Waals surface area contributed by atoms with Gasteiger partial charge < -0.3 is 9.53 Å². The van der Waals surface area contributed by atoms with Crippen molar-refractivity contribution in [2.24, 2.45) is 0 Å². The maximum absolute atomic E-state index is 10.6. The Kier molecular flexibility index (Phi) is 3.05. The van der Waals surface area contributed by atoms with E-state index in [0.29, 0.717) is 12.3 Å². The van der Waals surface area contributed by atoms with Gasteiger partial charge in [0.2, 0.25) is 0 Å². The Hall–Kier alpha value is -1.31. The highest BCUT2D eigenvalue weighted by molar-refractivity contribution is 5.54. The number of aldehydes is 1. The van der Waals surface area contributed by atoms with Crippen LogP contribution in [-0.2, 0) is 11.2 Å². The quantitative estimate of drug-likeness (QED) is 0.707. The Morgan fingerprint density at radius 2 is 2.40 bits per heavy atom. The van der Waals surface area contributed by atoms with E-state index in [4.69, 9.17) is 4.74 Å². The van der Waals surface area contributed by atoms with Gasteiger partial charge in [0, 0.05) is 12.0 Å². The van der Waals surface area contributed by atoms with E-state index in [-0.39, 0.29) is 0 Å². The van der Waals surface area contributed by atoms with Crippen molar-refractivity contribution in [1.82, 2.24) is 0 Å². The largest absolute Gasteiger partial charge is 0.496 e. The second-order valence-electron chi connectivity index (χ2n) is 4.02. The van der Waals surface area contributed by atoms with Gasteiger partial charge in [0.25, 0.3) is 0 Å². The van der Waals surface area contributed by atoms with Crippen molar-refractivity contribution >= 4 is 6.29 Å². The lowest BCUT2D eigenvalue weighted by atomic mass is 9.81. The molecular weight excluding hydrogens is 188 g/mol. The number of hydrogen-bond acceptors (Lipinski definition) is 2. The monoisotopic (exact) mass is 204 g/mol. The summed E-state index contributed by atoms with van der Waals surface area (Å²) in [6.45, 7) is 0. The average Bonchev–Trinajstić information content (AvgIpc) is 2.29. The average molecular weight is 204 g/mol. The molecule has 2 rings (SSSR count). The van der Waals surface area contributed by atoms with E-state index in [2.05, 4.69) is 6.07 Å². The summed E-state index contributed by atoms with van der Waals surface area (Å²) in [5.41, 5.74) is 2.62. The summed E-state index contributed by atoms with van der Waals surface area (Å²) in [6.07, 6.45) is 5.03. The second-order valence-corrected chi connectivity index (χ2v) is 4.02. The van der Waals surface area contributed by atoms with Crippen molar-refractivity contribution in [3.63, 3.8) is 0 Å². The van der Waals surface area contributed by atoms with Crippen LogP contribution in [0.4, 0.5) is 0 Å². The van der Waals surface area contributed by atoms with Crippen molar-refractivity contribution in [2.75, 3.05) is 7.11 Å². The standard InChI is InChI=1S/C13H16O2/c1-15-12-7-3-6-10-4-2-5-11(8-9-14)13(10)12/h3,6-7,9,11H,2,4-5,8H2,1H3.